The van der Waals surface area contributed by atoms with E-state index in [1.807, 2.05) is 6.08 Å². The van der Waals surface area contributed by atoms with Gasteiger partial charge in [0.25, 0.3) is 0 Å². The second-order valence-corrected chi connectivity index (χ2v) is 6.45. The zero-order chi connectivity index (χ0) is 18.3. The zero-order valence-electron chi connectivity index (χ0n) is 16.5. The monoisotopic (exact) mass is 338 g/mol. The number of hydrogen-bond acceptors (Lipinski definition) is 2. The molecule has 0 N–H and O–H groups in total. The lowest BCUT2D eigenvalue weighted by Gasteiger charge is -2.02. The third kappa shape index (κ3) is 29.0. The van der Waals surface area contributed by atoms with Crippen molar-refractivity contribution in [3.8, 4) is 0 Å². The van der Waals surface area contributed by atoms with Crippen molar-refractivity contribution in [1.29, 1.82) is 0 Å². The maximum atomic E-state index is 9.75. The van der Waals surface area contributed by atoms with Crippen molar-refractivity contribution in [3.05, 3.63) is 25.5 Å². The third-order valence-corrected chi connectivity index (χ3v) is 4.01. The Morgan fingerprint density at radius 3 is 1.38 bits per heavy atom. The van der Waals surface area contributed by atoms with Crippen molar-refractivity contribution in [3.63, 3.8) is 0 Å². The van der Waals surface area contributed by atoms with Crippen LogP contribution in [0.5, 0.6) is 0 Å². The summed E-state index contributed by atoms with van der Waals surface area (Å²) in [7, 11) is 0. The fourth-order valence-corrected chi connectivity index (χ4v) is 2.60. The zero-order valence-corrected chi connectivity index (χ0v) is 16.5. The molecule has 142 valence electrons. The lowest BCUT2D eigenvalue weighted by molar-refractivity contribution is -0.135. The average Bonchev–Trinajstić information content (AvgIpc) is 2.56. The van der Waals surface area contributed by atoms with Crippen LogP contribution in [0.25, 0.3) is 0 Å². The molecular weight excluding hydrogens is 296 g/mol. The van der Waals surface area contributed by atoms with Crippen LogP contribution < -0.4 is 0 Å². The molecule has 0 aliphatic rings. The highest BCUT2D eigenvalue weighted by Crippen LogP contribution is 2.13. The lowest BCUT2D eigenvalue weighted by atomic mass is 10.0. The van der Waals surface area contributed by atoms with Crippen LogP contribution in [0.3, 0.4) is 0 Å². The molecule has 2 heteroatoms. The van der Waals surface area contributed by atoms with Gasteiger partial charge in [-0.05, 0) is 12.8 Å². The largest absolute Gasteiger partial charge is 0.435 e. The molecule has 0 atom stereocenters. The van der Waals surface area contributed by atoms with Gasteiger partial charge < -0.3 is 4.74 Å². The molecule has 0 rings (SSSR count). The van der Waals surface area contributed by atoms with Gasteiger partial charge in [-0.3, -0.25) is 4.79 Å². The van der Waals surface area contributed by atoms with Gasteiger partial charge in [0.2, 0.25) is 0 Å². The predicted octanol–water partition coefficient (Wildman–Crippen LogP) is 7.74. The number of carbonyl (C=O) groups excluding carboxylic acids is 1. The molecule has 0 aromatic heterocycles. The highest BCUT2D eigenvalue weighted by molar-refractivity contribution is 5.66. The molecule has 0 amide bonds. The number of unbranched alkanes of at least 4 members (excludes halogenated alkanes) is 14. The molecule has 0 saturated heterocycles. The van der Waals surface area contributed by atoms with Crippen LogP contribution in [-0.2, 0) is 9.53 Å². The Morgan fingerprint density at radius 1 is 0.750 bits per heavy atom. The summed E-state index contributed by atoms with van der Waals surface area (Å²) in [5.41, 5.74) is 0. The number of hydrogen-bond donors (Lipinski definition) is 0. The highest BCUT2D eigenvalue weighted by atomic mass is 16.5. The fourth-order valence-electron chi connectivity index (χ4n) is 2.60. The van der Waals surface area contributed by atoms with E-state index >= 15 is 0 Å². The summed E-state index contributed by atoms with van der Waals surface area (Å²) in [5, 5.41) is 0. The van der Waals surface area contributed by atoms with Gasteiger partial charge in [-0.15, -0.1) is 6.58 Å². The van der Waals surface area contributed by atoms with Gasteiger partial charge in [-0.25, -0.2) is 0 Å². The van der Waals surface area contributed by atoms with E-state index in [9.17, 15) is 4.79 Å². The van der Waals surface area contributed by atoms with Crippen LogP contribution in [-0.4, -0.2) is 5.97 Å². The third-order valence-electron chi connectivity index (χ3n) is 4.01. The Hall–Kier alpha value is -1.05. The summed E-state index contributed by atoms with van der Waals surface area (Å²) >= 11 is 0. The van der Waals surface area contributed by atoms with Gasteiger partial charge in [0, 0.05) is 6.92 Å². The molecular formula is C22H42O2. The molecule has 0 radical (unpaired) electrons. The molecule has 0 aliphatic heterocycles. The van der Waals surface area contributed by atoms with Crippen LogP contribution in [0.1, 0.15) is 110 Å². The first-order valence-corrected chi connectivity index (χ1v) is 10.1. The molecule has 0 aliphatic carbocycles. The molecule has 2 nitrogen and oxygen atoms in total. The molecule has 0 bridgehead atoms. The van der Waals surface area contributed by atoms with Crippen LogP contribution in [0.2, 0.25) is 0 Å². The van der Waals surface area contributed by atoms with E-state index in [4.69, 9.17) is 0 Å². The van der Waals surface area contributed by atoms with E-state index in [0.29, 0.717) is 0 Å². The summed E-state index contributed by atoms with van der Waals surface area (Å²) in [5.74, 6) is -0.329. The molecule has 24 heavy (non-hydrogen) atoms. The van der Waals surface area contributed by atoms with Crippen molar-refractivity contribution in [2.75, 3.05) is 0 Å². The fraction of sp³-hybridized carbons (Fsp3) is 0.773. The van der Waals surface area contributed by atoms with Crippen molar-refractivity contribution in [1.82, 2.24) is 0 Å². The Morgan fingerprint density at radius 2 is 1.12 bits per heavy atom. The predicted molar refractivity (Wildman–Crippen MR) is 107 cm³/mol. The molecule has 0 fully saturated rings. The van der Waals surface area contributed by atoms with E-state index in [0.717, 1.165) is 6.26 Å². The van der Waals surface area contributed by atoms with Crippen molar-refractivity contribution >= 4 is 5.97 Å². The van der Waals surface area contributed by atoms with E-state index < -0.39 is 0 Å². The minimum atomic E-state index is -0.329. The number of carbonyl (C=O) groups is 1. The Labute approximate surface area is 151 Å². The van der Waals surface area contributed by atoms with Gasteiger partial charge in [0.1, 0.15) is 0 Å². The topological polar surface area (TPSA) is 26.3 Å². The Balaban J connectivity index is 0. The molecule has 0 spiro atoms. The van der Waals surface area contributed by atoms with Gasteiger partial charge in [0.05, 0.1) is 6.26 Å². The first-order chi connectivity index (χ1) is 11.7. The van der Waals surface area contributed by atoms with E-state index in [2.05, 4.69) is 24.8 Å². The minimum Gasteiger partial charge on any atom is -0.435 e. The molecule has 0 saturated carbocycles. The highest BCUT2D eigenvalue weighted by Gasteiger charge is 1.93. The maximum Gasteiger partial charge on any atom is 0.307 e. The second kappa shape index (κ2) is 24.2. The summed E-state index contributed by atoms with van der Waals surface area (Å²) in [6.07, 6.45) is 24.6. The van der Waals surface area contributed by atoms with Crippen LogP contribution in [0, 0.1) is 0 Å². The molecule has 0 aromatic carbocycles. The van der Waals surface area contributed by atoms with Crippen molar-refractivity contribution < 1.29 is 9.53 Å². The van der Waals surface area contributed by atoms with Crippen molar-refractivity contribution in [2.24, 2.45) is 0 Å². The SMILES string of the molecule is C=CCCCCCCCCCCCCCCCC.C=COC(C)=O. The average molecular weight is 339 g/mol. The smallest absolute Gasteiger partial charge is 0.307 e. The quantitative estimate of drug-likeness (QED) is 0.124. The van der Waals surface area contributed by atoms with Gasteiger partial charge >= 0.3 is 5.97 Å². The minimum absolute atomic E-state index is 0.329. The second-order valence-electron chi connectivity index (χ2n) is 6.45. The first-order valence-electron chi connectivity index (χ1n) is 10.1. The number of rotatable bonds is 16. The van der Waals surface area contributed by atoms with Gasteiger partial charge in [0.15, 0.2) is 0 Å². The van der Waals surface area contributed by atoms with E-state index in [1.54, 1.807) is 0 Å². The summed E-state index contributed by atoms with van der Waals surface area (Å²) in [6, 6.07) is 0. The van der Waals surface area contributed by atoms with Crippen molar-refractivity contribution in [2.45, 2.75) is 110 Å². The molecule has 0 heterocycles. The first kappa shape index (κ1) is 25.2. The maximum absolute atomic E-state index is 9.75. The number of allylic oxidation sites excluding steroid dienone is 1. The molecule has 0 unspecified atom stereocenters. The summed E-state index contributed by atoms with van der Waals surface area (Å²) in [6.45, 7) is 10.5. The standard InChI is InChI=1S/C18H36.C4H6O2/c1-3-5-7-9-11-13-15-17-18-16-14-12-10-8-6-4-2;1-3-6-4(2)5/h3H,1,4-18H2,2H3;3H,1H2,2H3. The Kier molecular flexibility index (Phi) is 25.4. The summed E-state index contributed by atoms with van der Waals surface area (Å²) in [4.78, 5) is 9.75. The van der Waals surface area contributed by atoms with Gasteiger partial charge in [-0.1, -0.05) is 103 Å². The lowest BCUT2D eigenvalue weighted by Crippen LogP contribution is -1.87. The number of ether oxygens (including phenoxy) is 1. The number of esters is 1. The van der Waals surface area contributed by atoms with Crippen LogP contribution in [0.4, 0.5) is 0 Å². The van der Waals surface area contributed by atoms with Crippen LogP contribution >= 0.6 is 0 Å². The normalized spacial score (nSPS) is 9.75. The Bertz CT molecular complexity index is 271. The molecule has 0 aromatic rings. The summed E-state index contributed by atoms with van der Waals surface area (Å²) < 4.78 is 4.17. The van der Waals surface area contributed by atoms with E-state index in [1.165, 1.54) is 103 Å². The van der Waals surface area contributed by atoms with Crippen LogP contribution in [0.15, 0.2) is 25.5 Å². The van der Waals surface area contributed by atoms with Gasteiger partial charge in [-0.2, -0.15) is 0 Å². The van der Waals surface area contributed by atoms with E-state index in [-0.39, 0.29) is 5.97 Å².